The minimum atomic E-state index is -0.337. The van der Waals surface area contributed by atoms with Crippen molar-refractivity contribution in [2.75, 3.05) is 13.6 Å². The lowest BCUT2D eigenvalue weighted by Gasteiger charge is -2.37. The number of ether oxygens (including phenoxy) is 1. The number of hydrogen-bond donors (Lipinski definition) is 1. The van der Waals surface area contributed by atoms with Gasteiger partial charge in [0.1, 0.15) is 6.10 Å². The van der Waals surface area contributed by atoms with Crippen molar-refractivity contribution in [2.45, 2.75) is 45.9 Å². The number of hydrogen-bond acceptors (Lipinski definition) is 3. The largest absolute Gasteiger partial charge is 0.445 e. The van der Waals surface area contributed by atoms with Gasteiger partial charge in [-0.15, -0.1) is 0 Å². The van der Waals surface area contributed by atoms with E-state index < -0.39 is 0 Å². The number of nitrogens with zero attached hydrogens (tertiary/aromatic N) is 1. The van der Waals surface area contributed by atoms with E-state index in [2.05, 4.69) is 55.3 Å². The van der Waals surface area contributed by atoms with Gasteiger partial charge < -0.3 is 10.1 Å². The van der Waals surface area contributed by atoms with E-state index in [4.69, 9.17) is 4.74 Å². The van der Waals surface area contributed by atoms with E-state index in [9.17, 15) is 4.79 Å². The van der Waals surface area contributed by atoms with Gasteiger partial charge in [-0.25, -0.2) is 4.79 Å². The second kappa shape index (κ2) is 6.48. The zero-order valence-electron chi connectivity index (χ0n) is 13.4. The molecule has 0 aromatic heterocycles. The molecular formula is C17H26N2O2. The minimum absolute atomic E-state index is 0.0475. The Balaban J connectivity index is 2.12. The molecule has 0 radical (unpaired) electrons. The Kier molecular flexibility index (Phi) is 4.88. The van der Waals surface area contributed by atoms with Crippen LogP contribution in [0.15, 0.2) is 30.3 Å². The molecule has 4 heteroatoms. The van der Waals surface area contributed by atoms with E-state index in [0.717, 1.165) is 19.5 Å². The van der Waals surface area contributed by atoms with Gasteiger partial charge in [-0.3, -0.25) is 4.90 Å². The standard InChI is InChI=1S/C17H26N2O2/c1-17(2,3)15-14(21-16(20)18-4)10-11-19(15)12-13-8-6-5-7-9-13/h5-9,14-15H,10-12H2,1-4H3,(H,18,20)/t14-,15?/m1/s1. The molecule has 0 saturated carbocycles. The number of benzene rings is 1. The van der Waals surface area contributed by atoms with Gasteiger partial charge in [0, 0.05) is 20.1 Å². The molecule has 0 bridgehead atoms. The molecule has 1 aliphatic rings. The maximum atomic E-state index is 11.6. The van der Waals surface area contributed by atoms with Crippen LogP contribution in [0.25, 0.3) is 0 Å². The van der Waals surface area contributed by atoms with Gasteiger partial charge in [0.05, 0.1) is 6.04 Å². The lowest BCUT2D eigenvalue weighted by atomic mass is 9.83. The molecule has 21 heavy (non-hydrogen) atoms. The monoisotopic (exact) mass is 290 g/mol. The summed E-state index contributed by atoms with van der Waals surface area (Å²) in [6.45, 7) is 8.48. The summed E-state index contributed by atoms with van der Waals surface area (Å²) < 4.78 is 5.58. The highest BCUT2D eigenvalue weighted by Gasteiger charge is 2.43. The lowest BCUT2D eigenvalue weighted by molar-refractivity contribution is 0.0252. The quantitative estimate of drug-likeness (QED) is 0.930. The van der Waals surface area contributed by atoms with E-state index >= 15 is 0 Å². The summed E-state index contributed by atoms with van der Waals surface area (Å²) >= 11 is 0. The van der Waals surface area contributed by atoms with Crippen LogP contribution in [-0.2, 0) is 11.3 Å². The van der Waals surface area contributed by atoms with Crippen LogP contribution in [0.3, 0.4) is 0 Å². The van der Waals surface area contributed by atoms with Crippen molar-refractivity contribution < 1.29 is 9.53 Å². The van der Waals surface area contributed by atoms with Crippen LogP contribution < -0.4 is 5.32 Å². The Morgan fingerprint density at radius 1 is 1.33 bits per heavy atom. The number of likely N-dealkylation sites (tertiary alicyclic amines) is 1. The molecule has 0 spiro atoms. The van der Waals surface area contributed by atoms with Crippen LogP contribution >= 0.6 is 0 Å². The average molecular weight is 290 g/mol. The molecule has 1 N–H and O–H groups in total. The Morgan fingerprint density at radius 3 is 2.57 bits per heavy atom. The van der Waals surface area contributed by atoms with Crippen LogP contribution in [0.1, 0.15) is 32.8 Å². The molecule has 116 valence electrons. The molecule has 1 aromatic rings. The predicted molar refractivity (Wildman–Crippen MR) is 84.0 cm³/mol. The van der Waals surface area contributed by atoms with Crippen molar-refractivity contribution in [2.24, 2.45) is 5.41 Å². The predicted octanol–water partition coefficient (Wildman–Crippen LogP) is 3.03. The van der Waals surface area contributed by atoms with Crippen LogP contribution in [-0.4, -0.2) is 36.7 Å². The van der Waals surface area contributed by atoms with Gasteiger partial charge in [0.15, 0.2) is 0 Å². The van der Waals surface area contributed by atoms with E-state index in [-0.39, 0.29) is 23.7 Å². The highest BCUT2D eigenvalue weighted by molar-refractivity contribution is 5.67. The highest BCUT2D eigenvalue weighted by Crippen LogP contribution is 2.35. The average Bonchev–Trinajstić information content (AvgIpc) is 2.82. The smallest absolute Gasteiger partial charge is 0.407 e. The number of carbonyl (C=O) groups excluding carboxylic acids is 1. The molecule has 2 atom stereocenters. The maximum Gasteiger partial charge on any atom is 0.407 e. The van der Waals surface area contributed by atoms with E-state index in [1.54, 1.807) is 7.05 Å². The third kappa shape index (κ3) is 3.97. The summed E-state index contributed by atoms with van der Waals surface area (Å²) in [6, 6.07) is 10.7. The zero-order valence-corrected chi connectivity index (χ0v) is 13.4. The molecule has 1 fully saturated rings. The molecule has 1 saturated heterocycles. The Morgan fingerprint density at radius 2 is 2.00 bits per heavy atom. The third-order valence-electron chi connectivity index (χ3n) is 4.02. The van der Waals surface area contributed by atoms with Gasteiger partial charge in [-0.2, -0.15) is 0 Å². The molecule has 0 aliphatic carbocycles. The maximum absolute atomic E-state index is 11.6. The molecule has 2 rings (SSSR count). The van der Waals surface area contributed by atoms with Gasteiger partial charge in [-0.1, -0.05) is 51.1 Å². The summed E-state index contributed by atoms with van der Waals surface area (Å²) in [6.07, 6.45) is 0.506. The normalized spacial score (nSPS) is 23.0. The molecule has 1 unspecified atom stereocenters. The first-order valence-electron chi connectivity index (χ1n) is 7.58. The first kappa shape index (κ1) is 15.8. The second-order valence-corrected chi connectivity index (χ2v) is 6.75. The molecule has 1 heterocycles. The van der Waals surface area contributed by atoms with Gasteiger partial charge in [0.25, 0.3) is 0 Å². The van der Waals surface area contributed by atoms with Crippen LogP contribution in [0.5, 0.6) is 0 Å². The zero-order chi connectivity index (χ0) is 15.5. The Labute approximate surface area is 127 Å². The topological polar surface area (TPSA) is 41.6 Å². The molecule has 1 amide bonds. The van der Waals surface area contributed by atoms with E-state index in [0.29, 0.717) is 0 Å². The van der Waals surface area contributed by atoms with Crippen molar-refractivity contribution in [3.05, 3.63) is 35.9 Å². The first-order valence-corrected chi connectivity index (χ1v) is 7.58. The molecule has 1 aliphatic heterocycles. The van der Waals surface area contributed by atoms with Crippen molar-refractivity contribution >= 4 is 6.09 Å². The number of alkyl carbamates (subject to hydrolysis) is 1. The summed E-state index contributed by atoms with van der Waals surface area (Å²) in [5.41, 5.74) is 1.36. The molecule has 4 nitrogen and oxygen atoms in total. The van der Waals surface area contributed by atoms with Crippen molar-refractivity contribution in [1.82, 2.24) is 10.2 Å². The van der Waals surface area contributed by atoms with Crippen LogP contribution in [0, 0.1) is 5.41 Å². The van der Waals surface area contributed by atoms with E-state index in [1.165, 1.54) is 5.56 Å². The van der Waals surface area contributed by atoms with Gasteiger partial charge in [-0.05, 0) is 17.4 Å². The summed E-state index contributed by atoms with van der Waals surface area (Å²) in [7, 11) is 1.60. The Bertz CT molecular complexity index is 467. The molecular weight excluding hydrogens is 264 g/mol. The summed E-state index contributed by atoms with van der Waals surface area (Å²) in [4.78, 5) is 14.0. The van der Waals surface area contributed by atoms with Crippen LogP contribution in [0.2, 0.25) is 0 Å². The molecule has 1 aromatic carbocycles. The second-order valence-electron chi connectivity index (χ2n) is 6.75. The van der Waals surface area contributed by atoms with Gasteiger partial charge in [0.2, 0.25) is 0 Å². The van der Waals surface area contributed by atoms with Crippen molar-refractivity contribution in [3.63, 3.8) is 0 Å². The highest BCUT2D eigenvalue weighted by atomic mass is 16.6. The van der Waals surface area contributed by atoms with Crippen molar-refractivity contribution in [1.29, 1.82) is 0 Å². The minimum Gasteiger partial charge on any atom is -0.445 e. The number of amides is 1. The summed E-state index contributed by atoms with van der Waals surface area (Å²) in [5, 5.41) is 2.55. The number of rotatable bonds is 3. The van der Waals surface area contributed by atoms with E-state index in [1.807, 2.05) is 6.07 Å². The Hall–Kier alpha value is -1.55. The van der Waals surface area contributed by atoms with Gasteiger partial charge >= 0.3 is 6.09 Å². The number of nitrogens with one attached hydrogen (secondary N) is 1. The fraction of sp³-hybridized carbons (Fsp3) is 0.588. The third-order valence-corrected chi connectivity index (χ3v) is 4.02. The number of carbonyl (C=O) groups is 1. The van der Waals surface area contributed by atoms with Crippen molar-refractivity contribution in [3.8, 4) is 0 Å². The first-order chi connectivity index (χ1) is 9.91. The SMILES string of the molecule is CNC(=O)O[C@@H]1CCN(Cc2ccccc2)C1C(C)(C)C. The summed E-state index contributed by atoms with van der Waals surface area (Å²) in [5.74, 6) is 0. The fourth-order valence-corrected chi connectivity index (χ4v) is 3.25. The lowest BCUT2D eigenvalue weighted by Crippen LogP contribution is -2.46. The fourth-order valence-electron chi connectivity index (χ4n) is 3.25. The van der Waals surface area contributed by atoms with Crippen LogP contribution in [0.4, 0.5) is 4.79 Å².